The quantitative estimate of drug-likeness (QED) is 0.896. The summed E-state index contributed by atoms with van der Waals surface area (Å²) in [6, 6.07) is 5.49. The molecule has 0 radical (unpaired) electrons. The van der Waals surface area contributed by atoms with E-state index in [2.05, 4.69) is 22.3 Å². The molecule has 7 heteroatoms. The Labute approximate surface area is 127 Å². The van der Waals surface area contributed by atoms with Crippen molar-refractivity contribution in [1.29, 1.82) is 0 Å². The lowest BCUT2D eigenvalue weighted by atomic mass is 9.95. The maximum absolute atomic E-state index is 12.1. The molecule has 1 saturated heterocycles. The van der Waals surface area contributed by atoms with Crippen molar-refractivity contribution in [3.63, 3.8) is 0 Å². The predicted molar refractivity (Wildman–Crippen MR) is 75.4 cm³/mol. The molecule has 1 aromatic rings. The summed E-state index contributed by atoms with van der Waals surface area (Å²) in [7, 11) is 0. The summed E-state index contributed by atoms with van der Waals surface area (Å²) in [5.41, 5.74) is 0.647. The molecule has 1 fully saturated rings. The smallest absolute Gasteiger partial charge is 0.406 e. The summed E-state index contributed by atoms with van der Waals surface area (Å²) in [6.07, 6.45) is -3.68. The van der Waals surface area contributed by atoms with Crippen LogP contribution < -0.4 is 15.4 Å². The maximum atomic E-state index is 12.1. The van der Waals surface area contributed by atoms with Crippen LogP contribution in [0.25, 0.3) is 0 Å². The Morgan fingerprint density at radius 1 is 1.36 bits per heavy atom. The normalized spacial score (nSPS) is 22.2. The number of carbonyl (C=O) groups is 1. The molecule has 1 heterocycles. The third kappa shape index (κ3) is 5.22. The lowest BCUT2D eigenvalue weighted by molar-refractivity contribution is -0.274. The second-order valence-corrected chi connectivity index (χ2v) is 5.51. The van der Waals surface area contributed by atoms with Gasteiger partial charge in [-0.05, 0) is 43.1 Å². The van der Waals surface area contributed by atoms with Crippen LogP contribution in [0.1, 0.15) is 18.9 Å². The Morgan fingerprint density at radius 2 is 2.05 bits per heavy atom. The Bertz CT molecular complexity index is 503. The number of hydrogen-bond acceptors (Lipinski definition) is 3. The predicted octanol–water partition coefficient (Wildman–Crippen LogP) is 2.24. The van der Waals surface area contributed by atoms with E-state index in [1.165, 1.54) is 24.3 Å². The fraction of sp³-hybridized carbons (Fsp3) is 0.533. The van der Waals surface area contributed by atoms with Crippen LogP contribution in [0.4, 0.5) is 13.2 Å². The monoisotopic (exact) mass is 316 g/mol. The fourth-order valence-electron chi connectivity index (χ4n) is 2.48. The summed E-state index contributed by atoms with van der Waals surface area (Å²) < 4.78 is 40.0. The van der Waals surface area contributed by atoms with Crippen LogP contribution in [-0.2, 0) is 11.2 Å². The molecule has 2 atom stereocenters. The van der Waals surface area contributed by atoms with Crippen molar-refractivity contribution in [1.82, 2.24) is 10.6 Å². The first-order valence-corrected chi connectivity index (χ1v) is 7.18. The van der Waals surface area contributed by atoms with Crippen LogP contribution in [0, 0.1) is 5.92 Å². The van der Waals surface area contributed by atoms with Crippen LogP contribution >= 0.6 is 0 Å². The van der Waals surface area contributed by atoms with Gasteiger partial charge in [-0.3, -0.25) is 4.79 Å². The average Bonchev–Trinajstić information content (AvgIpc) is 2.42. The highest BCUT2D eigenvalue weighted by Crippen LogP contribution is 2.22. The number of benzene rings is 1. The lowest BCUT2D eigenvalue weighted by Crippen LogP contribution is -2.48. The van der Waals surface area contributed by atoms with Crippen LogP contribution in [0.3, 0.4) is 0 Å². The van der Waals surface area contributed by atoms with Gasteiger partial charge in [0, 0.05) is 6.04 Å². The molecule has 1 aliphatic rings. The number of nitrogens with one attached hydrogen (secondary N) is 2. The van der Waals surface area contributed by atoms with Crippen molar-refractivity contribution in [2.24, 2.45) is 5.92 Å². The molecule has 22 heavy (non-hydrogen) atoms. The molecule has 1 amide bonds. The number of alkyl halides is 3. The Balaban J connectivity index is 1.86. The lowest BCUT2D eigenvalue weighted by Gasteiger charge is -2.30. The molecular weight excluding hydrogens is 297 g/mol. The van der Waals surface area contributed by atoms with Crippen molar-refractivity contribution in [3.05, 3.63) is 29.8 Å². The van der Waals surface area contributed by atoms with Gasteiger partial charge in [-0.1, -0.05) is 19.1 Å². The van der Waals surface area contributed by atoms with Crippen molar-refractivity contribution in [3.8, 4) is 5.75 Å². The molecule has 0 aliphatic carbocycles. The van der Waals surface area contributed by atoms with E-state index in [1.54, 1.807) is 0 Å². The summed E-state index contributed by atoms with van der Waals surface area (Å²) in [5.74, 6) is -0.0489. The van der Waals surface area contributed by atoms with E-state index in [9.17, 15) is 18.0 Å². The van der Waals surface area contributed by atoms with Crippen LogP contribution in [0.2, 0.25) is 0 Å². The Morgan fingerprint density at radius 3 is 2.64 bits per heavy atom. The SMILES string of the molecule is CC1CNCCC1NC(=O)Cc1ccc(OC(F)(F)F)cc1. The Hall–Kier alpha value is -1.76. The van der Waals surface area contributed by atoms with E-state index in [1.807, 2.05) is 0 Å². The molecular formula is C15H19F3N2O2. The van der Waals surface area contributed by atoms with Gasteiger partial charge < -0.3 is 15.4 Å². The van der Waals surface area contributed by atoms with Gasteiger partial charge in [0.05, 0.1) is 6.42 Å². The molecule has 0 spiro atoms. The van der Waals surface area contributed by atoms with Crippen molar-refractivity contribution in [2.75, 3.05) is 13.1 Å². The molecule has 2 rings (SSSR count). The topological polar surface area (TPSA) is 50.4 Å². The molecule has 0 saturated carbocycles. The number of amides is 1. The van der Waals surface area contributed by atoms with Gasteiger partial charge in [0.25, 0.3) is 0 Å². The highest BCUT2D eigenvalue weighted by molar-refractivity contribution is 5.78. The Kier molecular flexibility index (Phi) is 5.28. The van der Waals surface area contributed by atoms with Gasteiger partial charge in [-0.15, -0.1) is 13.2 Å². The van der Waals surface area contributed by atoms with Crippen LogP contribution in [0.5, 0.6) is 5.75 Å². The van der Waals surface area contributed by atoms with Gasteiger partial charge in [0.1, 0.15) is 5.75 Å². The van der Waals surface area contributed by atoms with Crippen molar-refractivity contribution >= 4 is 5.91 Å². The first kappa shape index (κ1) is 16.6. The van der Waals surface area contributed by atoms with E-state index in [-0.39, 0.29) is 24.1 Å². The second kappa shape index (κ2) is 7.00. The zero-order chi connectivity index (χ0) is 16.2. The molecule has 2 unspecified atom stereocenters. The summed E-state index contributed by atoms with van der Waals surface area (Å²) >= 11 is 0. The molecule has 1 aliphatic heterocycles. The first-order chi connectivity index (χ1) is 10.3. The van der Waals surface area contributed by atoms with E-state index in [0.717, 1.165) is 19.5 Å². The van der Waals surface area contributed by atoms with E-state index >= 15 is 0 Å². The zero-order valence-corrected chi connectivity index (χ0v) is 12.2. The third-order valence-corrected chi connectivity index (χ3v) is 3.65. The maximum Gasteiger partial charge on any atom is 0.573 e. The van der Waals surface area contributed by atoms with Gasteiger partial charge in [-0.25, -0.2) is 0 Å². The number of hydrogen-bond donors (Lipinski definition) is 2. The summed E-state index contributed by atoms with van der Waals surface area (Å²) in [5, 5.41) is 6.23. The molecule has 0 aromatic heterocycles. The molecule has 2 N–H and O–H groups in total. The van der Waals surface area contributed by atoms with Gasteiger partial charge in [0.2, 0.25) is 5.91 Å². The van der Waals surface area contributed by atoms with Gasteiger partial charge in [0.15, 0.2) is 0 Å². The first-order valence-electron chi connectivity index (χ1n) is 7.18. The molecule has 0 bridgehead atoms. The standard InChI is InChI=1S/C15H19F3N2O2/c1-10-9-19-7-6-13(10)20-14(21)8-11-2-4-12(5-3-11)22-15(16,17)18/h2-5,10,13,19H,6-9H2,1H3,(H,20,21). The number of halogens is 3. The van der Waals surface area contributed by atoms with Crippen LogP contribution in [0.15, 0.2) is 24.3 Å². The van der Waals surface area contributed by atoms with Crippen molar-refractivity contribution in [2.45, 2.75) is 32.2 Å². The molecule has 122 valence electrons. The fourth-order valence-corrected chi connectivity index (χ4v) is 2.48. The van der Waals surface area contributed by atoms with E-state index < -0.39 is 6.36 Å². The third-order valence-electron chi connectivity index (χ3n) is 3.65. The zero-order valence-electron chi connectivity index (χ0n) is 12.2. The largest absolute Gasteiger partial charge is 0.573 e. The number of ether oxygens (including phenoxy) is 1. The van der Waals surface area contributed by atoms with E-state index in [4.69, 9.17) is 0 Å². The van der Waals surface area contributed by atoms with Crippen LogP contribution in [-0.4, -0.2) is 31.4 Å². The van der Waals surface area contributed by atoms with Gasteiger partial charge >= 0.3 is 6.36 Å². The number of piperidine rings is 1. The van der Waals surface area contributed by atoms with Crippen molar-refractivity contribution < 1.29 is 22.7 Å². The second-order valence-electron chi connectivity index (χ2n) is 5.51. The summed E-state index contributed by atoms with van der Waals surface area (Å²) in [6.45, 7) is 3.81. The minimum absolute atomic E-state index is 0.122. The van der Waals surface area contributed by atoms with Gasteiger partial charge in [-0.2, -0.15) is 0 Å². The average molecular weight is 316 g/mol. The summed E-state index contributed by atoms with van der Waals surface area (Å²) in [4.78, 5) is 12.0. The van der Waals surface area contributed by atoms with E-state index in [0.29, 0.717) is 11.5 Å². The minimum Gasteiger partial charge on any atom is -0.406 e. The molecule has 4 nitrogen and oxygen atoms in total. The molecule has 1 aromatic carbocycles. The highest BCUT2D eigenvalue weighted by atomic mass is 19.4. The number of rotatable bonds is 4. The number of carbonyl (C=O) groups excluding carboxylic acids is 1. The minimum atomic E-state index is -4.70. The highest BCUT2D eigenvalue weighted by Gasteiger charge is 2.31.